The molecule has 3 aliphatic rings. The second kappa shape index (κ2) is 14.9. The Bertz CT molecular complexity index is 4000. The summed E-state index contributed by atoms with van der Waals surface area (Å²) >= 11 is 0. The largest absolute Gasteiger partial charge is 0.301 e. The first-order valence-electron chi connectivity index (χ1n) is 23.2. The molecule has 2 heterocycles. The minimum atomic E-state index is 0.0283. The van der Waals surface area contributed by atoms with E-state index in [1.165, 1.54) is 87.2 Å². The summed E-state index contributed by atoms with van der Waals surface area (Å²) in [6.07, 6.45) is 8.72. The highest BCUT2D eigenvalue weighted by molar-refractivity contribution is 6.23. The first kappa shape index (κ1) is 37.7. The molecule has 2 aliphatic heterocycles. The van der Waals surface area contributed by atoms with Crippen molar-refractivity contribution in [2.24, 2.45) is 9.98 Å². The molecule has 312 valence electrons. The lowest BCUT2D eigenvalue weighted by Crippen LogP contribution is -2.45. The minimum absolute atomic E-state index is 0.0283. The molecule has 67 heavy (non-hydrogen) atoms. The second-order valence-corrected chi connectivity index (χ2v) is 18.1. The Kier molecular flexibility index (Phi) is 8.41. The van der Waals surface area contributed by atoms with Crippen molar-refractivity contribution in [2.75, 3.05) is 0 Å². The van der Waals surface area contributed by atoms with Crippen LogP contribution < -0.4 is 0 Å². The first-order valence-corrected chi connectivity index (χ1v) is 23.2. The fraction of sp³-hybridized carbons (Fsp3) is 0.0312. The molecule has 2 atom stereocenters. The molecule has 0 amide bonds. The van der Waals surface area contributed by atoms with Gasteiger partial charge in [0.2, 0.25) is 0 Å². The summed E-state index contributed by atoms with van der Waals surface area (Å²) in [5.41, 5.74) is 12.6. The van der Waals surface area contributed by atoms with Gasteiger partial charge in [0.15, 0.2) is 0 Å². The Balaban J connectivity index is 0.918. The van der Waals surface area contributed by atoms with Crippen LogP contribution in [0, 0.1) is 0 Å². The third kappa shape index (κ3) is 6.12. The van der Waals surface area contributed by atoms with Gasteiger partial charge < -0.3 is 4.90 Å². The third-order valence-electron chi connectivity index (χ3n) is 14.2. The summed E-state index contributed by atoms with van der Waals surface area (Å²) in [7, 11) is 0. The summed E-state index contributed by atoms with van der Waals surface area (Å²) in [6, 6.07) is 78.2. The molecule has 2 unspecified atom stereocenters. The van der Waals surface area contributed by atoms with Crippen molar-refractivity contribution in [2.45, 2.75) is 12.1 Å². The molecule has 11 aromatic rings. The van der Waals surface area contributed by atoms with Crippen molar-refractivity contribution >= 4 is 71.2 Å². The van der Waals surface area contributed by atoms with Gasteiger partial charge in [0, 0.05) is 11.1 Å². The number of hydrogen-bond acceptors (Lipinski definition) is 3. The Morgan fingerprint density at radius 2 is 0.791 bits per heavy atom. The molecule has 1 aliphatic carbocycles. The van der Waals surface area contributed by atoms with E-state index >= 15 is 0 Å². The SMILES string of the molecule is C1=CC2N=C3c4ccc(-c5ccc6ccccc6c5)cc4N=C(c4ccc(-c5ccc6c(-c7ccc8ccccc8c7)c7ccccc7c(-c7ccc8ccccc8c7)c6c5)cc4)N3C2C=C1. The molecule has 3 heteroatoms. The molecule has 0 N–H and O–H groups in total. The Morgan fingerprint density at radius 3 is 1.45 bits per heavy atom. The van der Waals surface area contributed by atoms with Crippen LogP contribution in [0.1, 0.15) is 11.1 Å². The first-order chi connectivity index (χ1) is 33.2. The van der Waals surface area contributed by atoms with Crippen molar-refractivity contribution in [1.82, 2.24) is 4.90 Å². The van der Waals surface area contributed by atoms with Gasteiger partial charge in [-0.05, 0) is 135 Å². The van der Waals surface area contributed by atoms with E-state index in [1.54, 1.807) is 0 Å². The normalized spacial score (nSPS) is 16.1. The van der Waals surface area contributed by atoms with E-state index in [1.807, 2.05) is 0 Å². The highest BCUT2D eigenvalue weighted by Crippen LogP contribution is 2.46. The van der Waals surface area contributed by atoms with Crippen LogP contribution in [0.2, 0.25) is 0 Å². The number of hydrogen-bond donors (Lipinski definition) is 0. The van der Waals surface area contributed by atoms with Crippen LogP contribution in [-0.4, -0.2) is 28.7 Å². The average Bonchev–Trinajstić information content (AvgIpc) is 3.79. The lowest BCUT2D eigenvalue weighted by Gasteiger charge is -2.33. The highest BCUT2D eigenvalue weighted by atomic mass is 15.3. The summed E-state index contributed by atoms with van der Waals surface area (Å²) in [5.74, 6) is 1.90. The van der Waals surface area contributed by atoms with Gasteiger partial charge >= 0.3 is 0 Å². The monoisotopic (exact) mass is 851 g/mol. The number of benzene rings is 11. The van der Waals surface area contributed by atoms with Crippen LogP contribution in [0.15, 0.2) is 247 Å². The van der Waals surface area contributed by atoms with E-state index in [9.17, 15) is 0 Å². The van der Waals surface area contributed by atoms with Crippen molar-refractivity contribution in [3.63, 3.8) is 0 Å². The van der Waals surface area contributed by atoms with Crippen LogP contribution in [-0.2, 0) is 0 Å². The number of aliphatic imine (C=N–C) groups is 2. The molecule has 3 nitrogen and oxygen atoms in total. The second-order valence-electron chi connectivity index (χ2n) is 18.1. The van der Waals surface area contributed by atoms with E-state index in [-0.39, 0.29) is 12.1 Å². The quantitative estimate of drug-likeness (QED) is 0.159. The van der Waals surface area contributed by atoms with Crippen LogP contribution in [0.25, 0.3) is 98.4 Å². The van der Waals surface area contributed by atoms with Gasteiger partial charge in [0.1, 0.15) is 11.7 Å². The molecule has 0 bridgehead atoms. The molecule has 0 saturated carbocycles. The smallest absolute Gasteiger partial charge is 0.142 e. The van der Waals surface area contributed by atoms with Gasteiger partial charge in [-0.2, -0.15) is 0 Å². The number of fused-ring (bicyclic) bond motifs is 10. The molecule has 0 radical (unpaired) electrons. The summed E-state index contributed by atoms with van der Waals surface area (Å²) < 4.78 is 0. The topological polar surface area (TPSA) is 28.0 Å². The maximum Gasteiger partial charge on any atom is 0.142 e. The van der Waals surface area contributed by atoms with Gasteiger partial charge in [-0.25, -0.2) is 4.99 Å². The van der Waals surface area contributed by atoms with Gasteiger partial charge in [-0.1, -0.05) is 200 Å². The lowest BCUT2D eigenvalue weighted by atomic mass is 9.84. The molecule has 0 spiro atoms. The van der Waals surface area contributed by atoms with Gasteiger partial charge in [0.05, 0.1) is 17.8 Å². The molecular formula is C64H41N3. The zero-order chi connectivity index (χ0) is 44.0. The average molecular weight is 852 g/mol. The zero-order valence-corrected chi connectivity index (χ0v) is 36.5. The van der Waals surface area contributed by atoms with E-state index in [2.05, 4.69) is 242 Å². The van der Waals surface area contributed by atoms with Crippen molar-refractivity contribution < 1.29 is 0 Å². The van der Waals surface area contributed by atoms with Crippen molar-refractivity contribution in [3.8, 4) is 44.5 Å². The fourth-order valence-corrected chi connectivity index (χ4v) is 10.9. The van der Waals surface area contributed by atoms with E-state index in [0.717, 1.165) is 39.6 Å². The predicted molar refractivity (Wildman–Crippen MR) is 283 cm³/mol. The Hall–Kier alpha value is -8.66. The van der Waals surface area contributed by atoms with Crippen LogP contribution >= 0.6 is 0 Å². The molecular weight excluding hydrogens is 811 g/mol. The third-order valence-corrected chi connectivity index (χ3v) is 14.2. The Morgan fingerprint density at radius 1 is 0.328 bits per heavy atom. The van der Waals surface area contributed by atoms with E-state index in [0.29, 0.717) is 0 Å². The van der Waals surface area contributed by atoms with Crippen molar-refractivity contribution in [3.05, 3.63) is 248 Å². The van der Waals surface area contributed by atoms with Crippen LogP contribution in [0.3, 0.4) is 0 Å². The molecule has 11 aromatic carbocycles. The fourth-order valence-electron chi connectivity index (χ4n) is 10.9. The van der Waals surface area contributed by atoms with Gasteiger partial charge in [0.25, 0.3) is 0 Å². The maximum absolute atomic E-state index is 5.50. The summed E-state index contributed by atoms with van der Waals surface area (Å²) in [6.45, 7) is 0. The van der Waals surface area contributed by atoms with Gasteiger partial charge in [-0.3, -0.25) is 4.99 Å². The summed E-state index contributed by atoms with van der Waals surface area (Å²) in [4.78, 5) is 13.2. The lowest BCUT2D eigenvalue weighted by molar-refractivity contribution is 0.513. The highest BCUT2D eigenvalue weighted by Gasteiger charge is 2.41. The van der Waals surface area contributed by atoms with Crippen molar-refractivity contribution in [1.29, 1.82) is 0 Å². The molecule has 14 rings (SSSR count). The minimum Gasteiger partial charge on any atom is -0.301 e. The maximum atomic E-state index is 5.50. The van der Waals surface area contributed by atoms with Crippen LogP contribution in [0.5, 0.6) is 0 Å². The molecule has 0 saturated heterocycles. The van der Waals surface area contributed by atoms with E-state index < -0.39 is 0 Å². The van der Waals surface area contributed by atoms with Gasteiger partial charge in [-0.15, -0.1) is 0 Å². The van der Waals surface area contributed by atoms with Crippen LogP contribution in [0.4, 0.5) is 5.69 Å². The number of nitrogens with zero attached hydrogens (tertiary/aromatic N) is 3. The molecule has 0 aromatic heterocycles. The standard InChI is InChI=1S/C64H41N3/c1-4-14-45-35-48(28-23-40(45)11-1)50-32-34-56-59(39-50)66-63(67-60-20-10-9-19-58(60)65-64(56)67)44-26-21-43(22-27-44)49-31-33-55-57(38-49)62(52-30-25-42-13-3-6-16-47(42)37-52)54-18-8-7-17-53(54)61(55)51-29-24-41-12-2-5-15-46(41)36-51/h1-39,58,60H. The predicted octanol–water partition coefficient (Wildman–Crippen LogP) is 16.1. The number of rotatable bonds is 5. The summed E-state index contributed by atoms with van der Waals surface area (Å²) in [5, 5.41) is 12.4. The number of amidine groups is 2. The molecule has 0 fully saturated rings. The zero-order valence-electron chi connectivity index (χ0n) is 36.5. The van der Waals surface area contributed by atoms with E-state index in [4.69, 9.17) is 9.98 Å². The number of allylic oxidation sites excluding steroid dienone is 2. The Labute approximate surface area is 388 Å².